The van der Waals surface area contributed by atoms with Gasteiger partial charge in [-0.25, -0.2) is 8.42 Å². The number of carbonyl (C=O) groups excluding carboxylic acids is 1. The van der Waals surface area contributed by atoms with Gasteiger partial charge in [-0.15, -0.1) is 0 Å². The van der Waals surface area contributed by atoms with Gasteiger partial charge in [0, 0.05) is 14.8 Å². The maximum absolute atomic E-state index is 13.0. The number of benzene rings is 3. The number of rotatable bonds is 5. The van der Waals surface area contributed by atoms with Crippen LogP contribution in [0.4, 0.5) is 11.4 Å². The summed E-state index contributed by atoms with van der Waals surface area (Å²) in [7, 11) is -3.85. The summed E-state index contributed by atoms with van der Waals surface area (Å²) in [4.78, 5) is 12.8. The van der Waals surface area contributed by atoms with E-state index in [-0.39, 0.29) is 16.4 Å². The first-order valence-electron chi connectivity index (χ1n) is 8.94. The largest absolute Gasteiger partial charge is 0.322 e. The Kier molecular flexibility index (Phi) is 6.28. The van der Waals surface area contributed by atoms with Gasteiger partial charge in [0.1, 0.15) is 0 Å². The van der Waals surface area contributed by atoms with E-state index in [0.717, 1.165) is 14.7 Å². The van der Waals surface area contributed by atoms with Crippen molar-refractivity contribution in [2.24, 2.45) is 0 Å². The molecule has 5 nitrogen and oxygen atoms in total. The first kappa shape index (κ1) is 21.3. The Morgan fingerprint density at radius 3 is 2.24 bits per heavy atom. The van der Waals surface area contributed by atoms with Crippen LogP contribution in [0.15, 0.2) is 65.6 Å². The number of hydrogen-bond donors (Lipinski definition) is 2. The molecule has 29 heavy (non-hydrogen) atoms. The van der Waals surface area contributed by atoms with Crippen LogP contribution in [0.3, 0.4) is 0 Å². The molecule has 3 aromatic carbocycles. The Morgan fingerprint density at radius 1 is 0.828 bits per heavy atom. The van der Waals surface area contributed by atoms with E-state index in [1.165, 1.54) is 6.07 Å². The van der Waals surface area contributed by atoms with E-state index < -0.39 is 10.0 Å². The van der Waals surface area contributed by atoms with Gasteiger partial charge in [-0.1, -0.05) is 24.3 Å². The number of amides is 1. The van der Waals surface area contributed by atoms with Crippen LogP contribution >= 0.6 is 22.6 Å². The normalized spacial score (nSPS) is 11.2. The van der Waals surface area contributed by atoms with Crippen molar-refractivity contribution in [2.45, 2.75) is 25.7 Å². The second-order valence-electron chi connectivity index (χ2n) is 6.81. The SMILES string of the molecule is Cc1ccccc1NC(=O)c1ccc(C)c(S(=O)(=O)Nc2ccc(I)cc2C)c1. The van der Waals surface area contributed by atoms with Crippen LogP contribution < -0.4 is 10.0 Å². The standard InChI is InChI=1S/C22H21IN2O3S/c1-14-6-4-5-7-19(14)24-22(26)17-9-8-15(2)21(13-17)29(27,28)25-20-11-10-18(23)12-16(20)3/h4-13,25H,1-3H3,(H,24,26). The van der Waals surface area contributed by atoms with Gasteiger partial charge in [0.05, 0.1) is 10.6 Å². The molecule has 0 aromatic heterocycles. The van der Waals surface area contributed by atoms with E-state index in [1.807, 2.05) is 44.2 Å². The zero-order valence-corrected chi connectivity index (χ0v) is 19.3. The number of carbonyl (C=O) groups is 1. The second-order valence-corrected chi connectivity index (χ2v) is 9.71. The number of anilines is 2. The van der Waals surface area contributed by atoms with Crippen molar-refractivity contribution in [3.05, 3.63) is 86.5 Å². The third kappa shape index (κ3) is 4.97. The molecular formula is C22H21IN2O3S. The molecule has 0 atom stereocenters. The Morgan fingerprint density at radius 2 is 1.55 bits per heavy atom. The van der Waals surface area contributed by atoms with Gasteiger partial charge in [-0.3, -0.25) is 9.52 Å². The molecule has 3 aromatic rings. The van der Waals surface area contributed by atoms with Crippen molar-refractivity contribution < 1.29 is 13.2 Å². The highest BCUT2D eigenvalue weighted by atomic mass is 127. The molecule has 0 fully saturated rings. The second kappa shape index (κ2) is 8.54. The van der Waals surface area contributed by atoms with Crippen LogP contribution in [0.2, 0.25) is 0 Å². The number of hydrogen-bond acceptors (Lipinski definition) is 3. The summed E-state index contributed by atoms with van der Waals surface area (Å²) in [6, 6.07) is 17.6. The molecule has 0 aliphatic carbocycles. The van der Waals surface area contributed by atoms with E-state index >= 15 is 0 Å². The van der Waals surface area contributed by atoms with Gasteiger partial charge < -0.3 is 5.32 Å². The van der Waals surface area contributed by atoms with Crippen molar-refractivity contribution in [2.75, 3.05) is 10.0 Å². The van der Waals surface area contributed by atoms with Gasteiger partial charge in [-0.05, 0) is 96.5 Å². The minimum Gasteiger partial charge on any atom is -0.322 e. The molecule has 0 unspecified atom stereocenters. The molecule has 0 aliphatic heterocycles. The number of nitrogens with one attached hydrogen (secondary N) is 2. The van der Waals surface area contributed by atoms with Crippen molar-refractivity contribution in [3.8, 4) is 0 Å². The van der Waals surface area contributed by atoms with Gasteiger partial charge in [0.15, 0.2) is 0 Å². The van der Waals surface area contributed by atoms with Crippen LogP contribution in [0.5, 0.6) is 0 Å². The van der Waals surface area contributed by atoms with Gasteiger partial charge >= 0.3 is 0 Å². The molecule has 150 valence electrons. The maximum atomic E-state index is 13.0. The summed E-state index contributed by atoms with van der Waals surface area (Å²) < 4.78 is 29.7. The monoisotopic (exact) mass is 520 g/mol. The lowest BCUT2D eigenvalue weighted by atomic mass is 10.1. The van der Waals surface area contributed by atoms with Crippen molar-refractivity contribution in [3.63, 3.8) is 0 Å². The van der Waals surface area contributed by atoms with Crippen LogP contribution in [0.1, 0.15) is 27.0 Å². The molecule has 1 amide bonds. The highest BCUT2D eigenvalue weighted by Gasteiger charge is 2.20. The molecular weight excluding hydrogens is 499 g/mol. The number of aryl methyl sites for hydroxylation is 3. The highest BCUT2D eigenvalue weighted by molar-refractivity contribution is 14.1. The van der Waals surface area contributed by atoms with E-state index in [1.54, 1.807) is 31.2 Å². The molecule has 0 bridgehead atoms. The molecule has 0 radical (unpaired) electrons. The molecule has 2 N–H and O–H groups in total. The molecule has 0 heterocycles. The van der Waals surface area contributed by atoms with E-state index in [0.29, 0.717) is 16.9 Å². The molecule has 0 saturated heterocycles. The van der Waals surface area contributed by atoms with E-state index in [2.05, 4.69) is 32.6 Å². The number of sulfonamides is 1. The summed E-state index contributed by atoms with van der Waals surface area (Å²) in [6.45, 7) is 5.45. The fraction of sp³-hybridized carbons (Fsp3) is 0.136. The fourth-order valence-electron chi connectivity index (χ4n) is 2.88. The lowest BCUT2D eigenvalue weighted by Crippen LogP contribution is -2.18. The van der Waals surface area contributed by atoms with Crippen molar-refractivity contribution >= 4 is 49.9 Å². The highest BCUT2D eigenvalue weighted by Crippen LogP contribution is 2.24. The third-order valence-corrected chi connectivity index (χ3v) is 6.74. The fourth-order valence-corrected chi connectivity index (χ4v) is 4.93. The molecule has 0 spiro atoms. The zero-order valence-electron chi connectivity index (χ0n) is 16.3. The minimum absolute atomic E-state index is 0.0767. The van der Waals surface area contributed by atoms with E-state index in [9.17, 15) is 13.2 Å². The third-order valence-electron chi connectivity index (χ3n) is 4.57. The molecule has 0 saturated carbocycles. The average molecular weight is 520 g/mol. The van der Waals surface area contributed by atoms with Gasteiger partial charge in [0.2, 0.25) is 0 Å². The summed E-state index contributed by atoms with van der Waals surface area (Å²) in [5.41, 5.74) is 3.80. The lowest BCUT2D eigenvalue weighted by Gasteiger charge is -2.14. The van der Waals surface area contributed by atoms with Crippen molar-refractivity contribution in [1.82, 2.24) is 0 Å². The summed E-state index contributed by atoms with van der Waals surface area (Å²) >= 11 is 2.18. The van der Waals surface area contributed by atoms with Gasteiger partial charge in [0.25, 0.3) is 15.9 Å². The average Bonchev–Trinajstić information content (AvgIpc) is 2.66. The summed E-state index contributed by atoms with van der Waals surface area (Å²) in [5.74, 6) is -0.360. The molecule has 3 rings (SSSR count). The zero-order chi connectivity index (χ0) is 21.2. The Bertz CT molecular complexity index is 1190. The van der Waals surface area contributed by atoms with Crippen LogP contribution in [-0.4, -0.2) is 14.3 Å². The smallest absolute Gasteiger partial charge is 0.262 e. The van der Waals surface area contributed by atoms with E-state index in [4.69, 9.17) is 0 Å². The van der Waals surface area contributed by atoms with Crippen LogP contribution in [0, 0.1) is 24.3 Å². The summed E-state index contributed by atoms with van der Waals surface area (Å²) in [5, 5.41) is 2.83. The predicted octanol–water partition coefficient (Wildman–Crippen LogP) is 5.27. The Balaban J connectivity index is 1.91. The Labute approximate surface area is 184 Å². The number of halogens is 1. The maximum Gasteiger partial charge on any atom is 0.262 e. The number of para-hydroxylation sites is 1. The summed E-state index contributed by atoms with van der Waals surface area (Å²) in [6.07, 6.45) is 0. The predicted molar refractivity (Wildman–Crippen MR) is 125 cm³/mol. The van der Waals surface area contributed by atoms with Gasteiger partial charge in [-0.2, -0.15) is 0 Å². The quantitative estimate of drug-likeness (QED) is 0.451. The lowest BCUT2D eigenvalue weighted by molar-refractivity contribution is 0.102. The Hall–Kier alpha value is -2.39. The topological polar surface area (TPSA) is 75.3 Å². The van der Waals surface area contributed by atoms with Crippen LogP contribution in [-0.2, 0) is 10.0 Å². The molecule has 0 aliphatic rings. The first-order valence-corrected chi connectivity index (χ1v) is 11.5. The van der Waals surface area contributed by atoms with Crippen LogP contribution in [0.25, 0.3) is 0 Å². The molecule has 7 heteroatoms. The minimum atomic E-state index is -3.85. The first-order chi connectivity index (χ1) is 13.7. The van der Waals surface area contributed by atoms with Crippen molar-refractivity contribution in [1.29, 1.82) is 0 Å².